The molecule has 0 radical (unpaired) electrons. The van der Waals surface area contributed by atoms with Crippen LogP contribution in [0.3, 0.4) is 0 Å². The fourth-order valence-electron chi connectivity index (χ4n) is 2.36. The Morgan fingerprint density at radius 2 is 1.46 bits per heavy atom. The highest BCUT2D eigenvalue weighted by atomic mass is 16.3. The number of rotatable bonds is 6. The second-order valence-corrected chi connectivity index (χ2v) is 5.10. The number of Topliss-reactive ketones (excluding diaryl/α,β-unsaturated/α-hetero) is 1. The number of ketones is 1. The van der Waals surface area contributed by atoms with Crippen molar-refractivity contribution in [3.63, 3.8) is 0 Å². The van der Waals surface area contributed by atoms with Gasteiger partial charge in [-0.1, -0.05) is 12.2 Å². The minimum Gasteiger partial charge on any atom is -0.508 e. The number of imide groups is 2. The Morgan fingerprint density at radius 3 is 1.88 bits per heavy atom. The first-order valence-corrected chi connectivity index (χ1v) is 7.14. The van der Waals surface area contributed by atoms with Crippen LogP contribution in [0.2, 0.25) is 0 Å². The third-order valence-corrected chi connectivity index (χ3v) is 3.53. The van der Waals surface area contributed by atoms with Crippen molar-refractivity contribution in [2.75, 3.05) is 13.1 Å². The minimum absolute atomic E-state index is 0.0513. The number of aromatic hydroxyl groups is 1. The van der Waals surface area contributed by atoms with Crippen molar-refractivity contribution in [2.24, 2.45) is 5.92 Å². The highest BCUT2D eigenvalue weighted by Crippen LogP contribution is 2.23. The van der Waals surface area contributed by atoms with E-state index in [2.05, 4.69) is 13.2 Å². The molecule has 124 valence electrons. The molecule has 7 nitrogen and oxygen atoms in total. The van der Waals surface area contributed by atoms with Crippen LogP contribution in [-0.2, 0) is 9.59 Å². The van der Waals surface area contributed by atoms with Gasteiger partial charge in [0.15, 0.2) is 11.7 Å². The lowest BCUT2D eigenvalue weighted by molar-refractivity contribution is -0.146. The van der Waals surface area contributed by atoms with Gasteiger partial charge in [-0.2, -0.15) is 0 Å². The Hall–Kier alpha value is -3.22. The molecule has 4 amide bonds. The number of barbiturate groups is 1. The molecule has 7 heteroatoms. The fourth-order valence-corrected chi connectivity index (χ4v) is 2.36. The summed E-state index contributed by atoms with van der Waals surface area (Å²) in [7, 11) is 0. The van der Waals surface area contributed by atoms with E-state index in [-0.39, 0.29) is 24.4 Å². The molecule has 1 saturated heterocycles. The van der Waals surface area contributed by atoms with Crippen LogP contribution in [0.1, 0.15) is 10.4 Å². The average molecular weight is 328 g/mol. The van der Waals surface area contributed by atoms with E-state index in [9.17, 15) is 24.3 Å². The Kier molecular flexibility index (Phi) is 4.93. The standard InChI is InChI=1S/C17H16N2O5/c1-3-9-18-15(22)13(16(23)19(10-4-2)17(18)24)14(21)11-5-7-12(20)8-6-11/h3-8,13,20H,1-2,9-10H2. The minimum atomic E-state index is -1.65. The van der Waals surface area contributed by atoms with E-state index in [1.54, 1.807) is 0 Å². The Labute approximate surface area is 138 Å². The van der Waals surface area contributed by atoms with Gasteiger partial charge >= 0.3 is 6.03 Å². The summed E-state index contributed by atoms with van der Waals surface area (Å²) in [5.74, 6) is -4.20. The maximum absolute atomic E-state index is 12.6. The zero-order valence-corrected chi connectivity index (χ0v) is 12.8. The van der Waals surface area contributed by atoms with Gasteiger partial charge in [-0.15, -0.1) is 13.2 Å². The molecule has 0 saturated carbocycles. The molecule has 1 N–H and O–H groups in total. The van der Waals surface area contributed by atoms with Crippen LogP contribution in [0.15, 0.2) is 49.6 Å². The fraction of sp³-hybridized carbons (Fsp3) is 0.176. The lowest BCUT2D eigenvalue weighted by Crippen LogP contribution is -2.61. The van der Waals surface area contributed by atoms with Gasteiger partial charge in [0.25, 0.3) is 11.8 Å². The molecule has 1 aliphatic heterocycles. The van der Waals surface area contributed by atoms with Gasteiger partial charge in [-0.25, -0.2) is 4.79 Å². The van der Waals surface area contributed by atoms with Crippen LogP contribution < -0.4 is 0 Å². The van der Waals surface area contributed by atoms with E-state index in [1.165, 1.54) is 36.4 Å². The number of benzene rings is 1. The molecule has 0 unspecified atom stereocenters. The maximum atomic E-state index is 12.6. The normalized spacial score (nSPS) is 15.6. The van der Waals surface area contributed by atoms with Crippen molar-refractivity contribution in [1.82, 2.24) is 9.80 Å². The van der Waals surface area contributed by atoms with Crippen molar-refractivity contribution in [3.05, 3.63) is 55.1 Å². The van der Waals surface area contributed by atoms with Crippen LogP contribution in [0.5, 0.6) is 5.75 Å². The largest absolute Gasteiger partial charge is 0.508 e. The zero-order valence-electron chi connectivity index (χ0n) is 12.8. The summed E-state index contributed by atoms with van der Waals surface area (Å²) >= 11 is 0. The first kappa shape index (κ1) is 17.1. The van der Waals surface area contributed by atoms with Gasteiger partial charge in [0.2, 0.25) is 0 Å². The molecule has 0 aliphatic carbocycles. The number of phenolic OH excluding ortho intramolecular Hbond substituents is 1. The number of amides is 4. The summed E-state index contributed by atoms with van der Waals surface area (Å²) in [5, 5.41) is 9.28. The lowest BCUT2D eigenvalue weighted by atomic mass is 9.93. The number of hydrogen-bond acceptors (Lipinski definition) is 5. The summed E-state index contributed by atoms with van der Waals surface area (Å²) in [6, 6.07) is 4.37. The van der Waals surface area contributed by atoms with Gasteiger partial charge in [-0.05, 0) is 24.3 Å². The summed E-state index contributed by atoms with van der Waals surface area (Å²) in [5.41, 5.74) is 0.0888. The van der Waals surface area contributed by atoms with E-state index in [0.717, 1.165) is 9.80 Å². The number of phenols is 1. The van der Waals surface area contributed by atoms with Crippen LogP contribution in [-0.4, -0.2) is 51.6 Å². The quantitative estimate of drug-likeness (QED) is 0.483. The summed E-state index contributed by atoms with van der Waals surface area (Å²) in [4.78, 5) is 51.4. The monoisotopic (exact) mass is 328 g/mol. The number of carbonyl (C=O) groups excluding carboxylic acids is 4. The molecule has 0 bridgehead atoms. The smallest absolute Gasteiger partial charge is 0.334 e. The lowest BCUT2D eigenvalue weighted by Gasteiger charge is -2.35. The molecular weight excluding hydrogens is 312 g/mol. The second-order valence-electron chi connectivity index (χ2n) is 5.10. The summed E-state index contributed by atoms with van der Waals surface area (Å²) < 4.78 is 0. The van der Waals surface area contributed by atoms with Gasteiger partial charge in [-0.3, -0.25) is 24.2 Å². The highest BCUT2D eigenvalue weighted by Gasteiger charge is 2.48. The van der Waals surface area contributed by atoms with Crippen LogP contribution >= 0.6 is 0 Å². The summed E-state index contributed by atoms with van der Waals surface area (Å²) in [6.45, 7) is 6.71. The van der Waals surface area contributed by atoms with Crippen LogP contribution in [0, 0.1) is 5.92 Å². The number of carbonyl (C=O) groups is 4. The number of hydrogen-bond donors (Lipinski definition) is 1. The zero-order chi connectivity index (χ0) is 17.9. The number of urea groups is 1. The Balaban J connectivity index is 2.43. The highest BCUT2D eigenvalue weighted by molar-refractivity contribution is 6.29. The van der Waals surface area contributed by atoms with E-state index < -0.39 is 29.5 Å². The predicted octanol–water partition coefficient (Wildman–Crippen LogP) is 1.35. The molecule has 1 fully saturated rings. The molecule has 1 aromatic rings. The number of nitrogens with zero attached hydrogens (tertiary/aromatic N) is 2. The Morgan fingerprint density at radius 1 is 1.00 bits per heavy atom. The molecule has 1 heterocycles. The van der Waals surface area contributed by atoms with Gasteiger partial charge < -0.3 is 5.11 Å². The van der Waals surface area contributed by atoms with Gasteiger partial charge in [0, 0.05) is 18.7 Å². The molecule has 0 atom stereocenters. The van der Waals surface area contributed by atoms with Gasteiger partial charge in [0.05, 0.1) is 0 Å². The second kappa shape index (κ2) is 6.91. The van der Waals surface area contributed by atoms with Crippen LogP contribution in [0.4, 0.5) is 4.79 Å². The van der Waals surface area contributed by atoms with Crippen molar-refractivity contribution < 1.29 is 24.3 Å². The molecule has 1 aromatic carbocycles. The molecule has 0 aromatic heterocycles. The third kappa shape index (κ3) is 2.96. The first-order valence-electron chi connectivity index (χ1n) is 7.14. The van der Waals surface area contributed by atoms with Gasteiger partial charge in [0.1, 0.15) is 5.75 Å². The molecule has 0 spiro atoms. The summed E-state index contributed by atoms with van der Waals surface area (Å²) in [6.07, 6.45) is 2.67. The van der Waals surface area contributed by atoms with Crippen LogP contribution in [0.25, 0.3) is 0 Å². The van der Waals surface area contributed by atoms with Crippen molar-refractivity contribution in [3.8, 4) is 5.75 Å². The van der Waals surface area contributed by atoms with E-state index in [4.69, 9.17) is 0 Å². The SMILES string of the molecule is C=CCN1C(=O)C(C(=O)c2ccc(O)cc2)C(=O)N(CC=C)C1=O. The third-order valence-electron chi connectivity index (χ3n) is 3.53. The topological polar surface area (TPSA) is 95.0 Å². The van der Waals surface area contributed by atoms with Crippen molar-refractivity contribution in [2.45, 2.75) is 0 Å². The first-order chi connectivity index (χ1) is 11.4. The van der Waals surface area contributed by atoms with E-state index in [0.29, 0.717) is 0 Å². The molecular formula is C17H16N2O5. The molecule has 24 heavy (non-hydrogen) atoms. The van der Waals surface area contributed by atoms with E-state index >= 15 is 0 Å². The van der Waals surface area contributed by atoms with E-state index in [1.807, 2.05) is 0 Å². The van der Waals surface area contributed by atoms with Crippen molar-refractivity contribution in [1.29, 1.82) is 0 Å². The predicted molar refractivity (Wildman–Crippen MR) is 85.1 cm³/mol. The van der Waals surface area contributed by atoms with Crippen molar-refractivity contribution >= 4 is 23.6 Å². The average Bonchev–Trinajstić information content (AvgIpc) is 2.56. The maximum Gasteiger partial charge on any atom is 0.334 e. The Bertz CT molecular complexity index is 691. The molecule has 1 aliphatic rings. The molecule has 2 rings (SSSR count).